The second kappa shape index (κ2) is 7.21. The molecule has 0 aliphatic carbocycles. The molecule has 1 saturated heterocycles. The van der Waals surface area contributed by atoms with E-state index in [-0.39, 0.29) is 12.3 Å². The maximum Gasteiger partial charge on any atom is 0.295 e. The van der Waals surface area contributed by atoms with Gasteiger partial charge in [0, 0.05) is 32.8 Å². The summed E-state index contributed by atoms with van der Waals surface area (Å²) in [6.07, 6.45) is 2.89. The molecule has 24 heavy (non-hydrogen) atoms. The van der Waals surface area contributed by atoms with Crippen molar-refractivity contribution in [2.75, 3.05) is 25.1 Å². The van der Waals surface area contributed by atoms with Crippen LogP contribution in [0.2, 0.25) is 0 Å². The topological polar surface area (TPSA) is 65.1 Å². The third kappa shape index (κ3) is 3.53. The highest BCUT2D eigenvalue weighted by molar-refractivity contribution is 5.86. The summed E-state index contributed by atoms with van der Waals surface area (Å²) < 4.78 is 24.7. The maximum atomic E-state index is 12.3. The summed E-state index contributed by atoms with van der Waals surface area (Å²) >= 11 is 0. The highest BCUT2D eigenvalue weighted by atomic mass is 19.3. The van der Waals surface area contributed by atoms with Crippen LogP contribution in [0.1, 0.15) is 25.7 Å². The molecule has 1 aliphatic rings. The van der Waals surface area contributed by atoms with E-state index in [4.69, 9.17) is 0 Å². The quantitative estimate of drug-likeness (QED) is 0.878. The molecule has 1 N–H and O–H groups in total. The number of hydrogen-bond donors (Lipinski definition) is 1. The van der Waals surface area contributed by atoms with Crippen molar-refractivity contribution in [2.45, 2.75) is 32.1 Å². The summed E-state index contributed by atoms with van der Waals surface area (Å²) in [5.41, 5.74) is 0.780. The summed E-state index contributed by atoms with van der Waals surface area (Å²) in [6, 6.07) is 1.93. The average molecular weight is 337 g/mol. The van der Waals surface area contributed by atoms with E-state index >= 15 is 0 Å². The molecule has 6 nitrogen and oxygen atoms in total. The van der Waals surface area contributed by atoms with E-state index < -0.39 is 12.2 Å². The third-order valence-electron chi connectivity index (χ3n) is 4.60. The number of Topliss-reactive ketones (excluding diaryl/α,β-unsaturated/α-hetero) is 1. The van der Waals surface area contributed by atoms with Crippen LogP contribution in [0.5, 0.6) is 0 Å². The first-order valence-electron chi connectivity index (χ1n) is 8.14. The largest absolute Gasteiger partial charge is 0.346 e. The Morgan fingerprint density at radius 2 is 2.33 bits per heavy atom. The molecule has 1 unspecified atom stereocenters. The summed E-state index contributed by atoms with van der Waals surface area (Å²) in [4.78, 5) is 22.8. The average Bonchev–Trinajstić information content (AvgIpc) is 3.07. The molecule has 2 aromatic rings. The fourth-order valence-electron chi connectivity index (χ4n) is 3.26. The van der Waals surface area contributed by atoms with Crippen molar-refractivity contribution in [2.24, 2.45) is 5.92 Å². The first-order valence-corrected chi connectivity index (χ1v) is 8.14. The lowest BCUT2D eigenvalue weighted by Crippen LogP contribution is -2.46. The maximum absolute atomic E-state index is 12.3. The third-order valence-corrected chi connectivity index (χ3v) is 4.60. The molecule has 2 aromatic heterocycles. The number of halogens is 2. The van der Waals surface area contributed by atoms with E-state index in [2.05, 4.69) is 20.0 Å². The second-order valence-corrected chi connectivity index (χ2v) is 6.19. The zero-order valence-electron chi connectivity index (χ0n) is 13.6. The zero-order valence-corrected chi connectivity index (χ0v) is 13.6. The number of nitrogens with zero attached hydrogens (tertiary/aromatic N) is 4. The van der Waals surface area contributed by atoms with Crippen LogP contribution in [0.4, 0.5) is 14.6 Å². The van der Waals surface area contributed by atoms with Gasteiger partial charge in [-0.3, -0.25) is 9.80 Å². The van der Waals surface area contributed by atoms with Gasteiger partial charge in [0.25, 0.3) is 6.43 Å². The highest BCUT2D eigenvalue weighted by Crippen LogP contribution is 2.27. The second-order valence-electron chi connectivity index (χ2n) is 6.19. The Labute approximate surface area is 138 Å². The van der Waals surface area contributed by atoms with Crippen LogP contribution in [-0.2, 0) is 4.79 Å². The van der Waals surface area contributed by atoms with Crippen molar-refractivity contribution in [1.29, 1.82) is 0 Å². The van der Waals surface area contributed by atoms with Crippen LogP contribution in [-0.4, -0.2) is 52.3 Å². The van der Waals surface area contributed by atoms with Gasteiger partial charge in [-0.1, -0.05) is 0 Å². The fourth-order valence-corrected chi connectivity index (χ4v) is 3.26. The number of ketones is 1. The van der Waals surface area contributed by atoms with Gasteiger partial charge in [0.05, 0.1) is 5.39 Å². The molecule has 1 aliphatic heterocycles. The van der Waals surface area contributed by atoms with Gasteiger partial charge >= 0.3 is 0 Å². The molecule has 3 rings (SSSR count). The number of hydrogen-bond acceptors (Lipinski definition) is 5. The van der Waals surface area contributed by atoms with Crippen molar-refractivity contribution in [3.8, 4) is 0 Å². The van der Waals surface area contributed by atoms with E-state index in [1.807, 2.05) is 24.3 Å². The number of carbonyl (C=O) groups is 1. The molecule has 0 saturated carbocycles. The zero-order chi connectivity index (χ0) is 17.1. The van der Waals surface area contributed by atoms with Gasteiger partial charge in [-0.15, -0.1) is 0 Å². The number of aromatic amines is 1. The normalized spacial score (nSPS) is 19.1. The Bertz CT molecular complexity index is 705. The number of nitrogens with one attached hydrogen (secondary N) is 1. The number of rotatable bonds is 6. The minimum Gasteiger partial charge on any atom is -0.346 e. The summed E-state index contributed by atoms with van der Waals surface area (Å²) in [6.45, 7) is 1.62. The first-order chi connectivity index (χ1) is 11.6. The standard InChI is InChI=1S/C16H21F2N5O/c1-22(16-12-6-7-19-15(12)20-10-21-16)23-8-2-3-11(9-23)4-5-13(24)14(17)18/h6-7,10-11,14H,2-5,8-9H2,1H3,(H,19,20,21). The Balaban J connectivity index is 1.66. The van der Waals surface area contributed by atoms with Gasteiger partial charge in [-0.2, -0.15) is 0 Å². The Morgan fingerprint density at radius 3 is 3.12 bits per heavy atom. The van der Waals surface area contributed by atoms with E-state index in [1.165, 1.54) is 6.33 Å². The van der Waals surface area contributed by atoms with Gasteiger partial charge in [0.1, 0.15) is 12.0 Å². The summed E-state index contributed by atoms with van der Waals surface area (Å²) in [5.74, 6) is 0.100. The van der Waals surface area contributed by atoms with Crippen LogP contribution in [0.15, 0.2) is 18.6 Å². The molecule has 1 atom stereocenters. The fraction of sp³-hybridized carbons (Fsp3) is 0.562. The monoisotopic (exact) mass is 337 g/mol. The van der Waals surface area contributed by atoms with Crippen molar-refractivity contribution in [1.82, 2.24) is 20.0 Å². The van der Waals surface area contributed by atoms with Crippen LogP contribution in [0, 0.1) is 5.92 Å². The SMILES string of the molecule is CN(c1ncnc2[nH]ccc12)N1CCCC(CCC(=O)C(F)F)C1. The van der Waals surface area contributed by atoms with Gasteiger partial charge in [-0.05, 0) is 31.2 Å². The summed E-state index contributed by atoms with van der Waals surface area (Å²) in [7, 11) is 1.95. The van der Waals surface area contributed by atoms with Crippen molar-refractivity contribution < 1.29 is 13.6 Å². The minimum atomic E-state index is -2.85. The van der Waals surface area contributed by atoms with Crippen LogP contribution >= 0.6 is 0 Å². The van der Waals surface area contributed by atoms with Crippen molar-refractivity contribution in [3.05, 3.63) is 18.6 Å². The van der Waals surface area contributed by atoms with E-state index in [1.54, 1.807) is 0 Å². The number of anilines is 1. The molecule has 0 aromatic carbocycles. The Morgan fingerprint density at radius 1 is 1.50 bits per heavy atom. The van der Waals surface area contributed by atoms with Gasteiger partial charge in [0.2, 0.25) is 0 Å². The molecule has 0 radical (unpaired) electrons. The number of carbonyl (C=O) groups excluding carboxylic acids is 1. The number of aromatic nitrogens is 3. The Kier molecular flexibility index (Phi) is 5.03. The Hall–Kier alpha value is -2.09. The number of alkyl halides is 2. The first kappa shape index (κ1) is 16.8. The van der Waals surface area contributed by atoms with Crippen LogP contribution < -0.4 is 5.01 Å². The lowest BCUT2D eigenvalue weighted by molar-refractivity contribution is -0.129. The molecule has 0 bridgehead atoms. The van der Waals surface area contributed by atoms with Gasteiger partial charge in [0.15, 0.2) is 11.6 Å². The molecule has 3 heterocycles. The predicted molar refractivity (Wildman–Crippen MR) is 86.8 cm³/mol. The molecular formula is C16H21F2N5O. The predicted octanol–water partition coefficient (Wildman–Crippen LogP) is 2.64. The van der Waals surface area contributed by atoms with E-state index in [0.717, 1.165) is 42.8 Å². The smallest absolute Gasteiger partial charge is 0.295 e. The van der Waals surface area contributed by atoms with E-state index in [9.17, 15) is 13.6 Å². The number of fused-ring (bicyclic) bond motifs is 1. The number of H-pyrrole nitrogens is 1. The lowest BCUT2D eigenvalue weighted by Gasteiger charge is -2.39. The molecule has 1 fully saturated rings. The number of hydrazine groups is 1. The summed E-state index contributed by atoms with van der Waals surface area (Å²) in [5, 5.41) is 5.10. The van der Waals surface area contributed by atoms with Gasteiger partial charge in [-0.25, -0.2) is 23.8 Å². The molecular weight excluding hydrogens is 316 g/mol. The van der Waals surface area contributed by atoms with Crippen molar-refractivity contribution in [3.63, 3.8) is 0 Å². The van der Waals surface area contributed by atoms with Crippen LogP contribution in [0.25, 0.3) is 11.0 Å². The van der Waals surface area contributed by atoms with E-state index in [0.29, 0.717) is 6.42 Å². The van der Waals surface area contributed by atoms with Crippen molar-refractivity contribution >= 4 is 22.6 Å². The van der Waals surface area contributed by atoms with Gasteiger partial charge < -0.3 is 4.98 Å². The number of piperidine rings is 1. The molecule has 8 heteroatoms. The molecule has 0 amide bonds. The van der Waals surface area contributed by atoms with Crippen LogP contribution in [0.3, 0.4) is 0 Å². The highest BCUT2D eigenvalue weighted by Gasteiger charge is 2.26. The lowest BCUT2D eigenvalue weighted by atomic mass is 9.93. The minimum absolute atomic E-state index is 0.0462. The molecule has 0 spiro atoms. The molecule has 130 valence electrons.